The Balaban J connectivity index is 1.49. The molecule has 0 saturated carbocycles. The second-order valence-electron chi connectivity index (χ2n) is 6.93. The molecule has 1 aromatic carbocycles. The second kappa shape index (κ2) is 8.21. The standard InChI is InChI=1S/C20H23N3O3S/c24-19-13-23(18-8-2-1-7-17(18)21-19)20(25)14-22(11-15-5-3-9-26-15)12-16-6-4-10-27-16/h1-2,4,6-8,10,15H,3,5,9,11-14H2,(H,21,24). The number of nitrogens with zero attached hydrogens (tertiary/aromatic N) is 2. The van der Waals surface area contributed by atoms with Crippen molar-refractivity contribution in [1.29, 1.82) is 0 Å². The molecular weight excluding hydrogens is 362 g/mol. The lowest BCUT2D eigenvalue weighted by molar-refractivity contribution is -0.123. The minimum Gasteiger partial charge on any atom is -0.377 e. The van der Waals surface area contributed by atoms with Crippen molar-refractivity contribution in [3.05, 3.63) is 46.7 Å². The number of ether oxygens (including phenoxy) is 1. The molecule has 1 saturated heterocycles. The van der Waals surface area contributed by atoms with Gasteiger partial charge in [0.1, 0.15) is 6.54 Å². The van der Waals surface area contributed by atoms with Crippen LogP contribution in [0, 0.1) is 0 Å². The molecule has 7 heteroatoms. The normalized spacial score (nSPS) is 19.2. The van der Waals surface area contributed by atoms with E-state index in [2.05, 4.69) is 16.3 Å². The fourth-order valence-corrected chi connectivity index (χ4v) is 4.36. The number of carbonyl (C=O) groups is 2. The number of anilines is 2. The molecule has 3 heterocycles. The SMILES string of the molecule is O=C1CN(C(=O)CN(Cc2cccs2)CC2CCCO2)c2ccccc2N1. The Morgan fingerprint density at radius 1 is 1.30 bits per heavy atom. The molecule has 1 atom stereocenters. The zero-order valence-corrected chi connectivity index (χ0v) is 15.9. The summed E-state index contributed by atoms with van der Waals surface area (Å²) in [4.78, 5) is 30.1. The van der Waals surface area contributed by atoms with E-state index in [4.69, 9.17) is 4.74 Å². The Kier molecular flexibility index (Phi) is 5.52. The number of fused-ring (bicyclic) bond motifs is 1. The predicted octanol–water partition coefficient (Wildman–Crippen LogP) is 2.71. The van der Waals surface area contributed by atoms with Crippen LogP contribution in [-0.2, 0) is 20.9 Å². The van der Waals surface area contributed by atoms with Crippen LogP contribution in [0.2, 0.25) is 0 Å². The highest BCUT2D eigenvalue weighted by molar-refractivity contribution is 7.09. The molecule has 1 unspecified atom stereocenters. The first-order chi connectivity index (χ1) is 13.2. The molecule has 0 bridgehead atoms. The third kappa shape index (κ3) is 4.37. The molecule has 27 heavy (non-hydrogen) atoms. The summed E-state index contributed by atoms with van der Waals surface area (Å²) >= 11 is 1.69. The molecule has 1 N–H and O–H groups in total. The van der Waals surface area contributed by atoms with Gasteiger partial charge in [-0.2, -0.15) is 0 Å². The zero-order chi connectivity index (χ0) is 18.6. The van der Waals surface area contributed by atoms with Crippen LogP contribution in [0.25, 0.3) is 0 Å². The summed E-state index contributed by atoms with van der Waals surface area (Å²) in [5.74, 6) is -0.224. The minimum absolute atomic E-state index is 0.0582. The quantitative estimate of drug-likeness (QED) is 0.831. The van der Waals surface area contributed by atoms with Gasteiger partial charge in [0, 0.05) is 24.6 Å². The Morgan fingerprint density at radius 3 is 2.96 bits per heavy atom. The maximum atomic E-state index is 13.1. The van der Waals surface area contributed by atoms with Crippen molar-refractivity contribution in [2.75, 3.05) is 36.5 Å². The van der Waals surface area contributed by atoms with E-state index in [0.717, 1.165) is 31.7 Å². The fraction of sp³-hybridized carbons (Fsp3) is 0.400. The van der Waals surface area contributed by atoms with Crippen LogP contribution in [0.1, 0.15) is 17.7 Å². The van der Waals surface area contributed by atoms with E-state index in [1.54, 1.807) is 16.2 Å². The molecule has 0 spiro atoms. The highest BCUT2D eigenvalue weighted by Gasteiger charge is 2.29. The van der Waals surface area contributed by atoms with E-state index in [-0.39, 0.29) is 31.0 Å². The van der Waals surface area contributed by atoms with E-state index in [1.807, 2.05) is 35.7 Å². The van der Waals surface area contributed by atoms with Gasteiger partial charge in [-0.3, -0.25) is 19.4 Å². The molecule has 4 rings (SSSR count). The van der Waals surface area contributed by atoms with Gasteiger partial charge in [0.15, 0.2) is 0 Å². The lowest BCUT2D eigenvalue weighted by Crippen LogP contribution is -2.47. The number of nitrogens with one attached hydrogen (secondary N) is 1. The van der Waals surface area contributed by atoms with Crippen LogP contribution in [-0.4, -0.2) is 49.1 Å². The number of benzene rings is 1. The van der Waals surface area contributed by atoms with Crippen LogP contribution in [0.15, 0.2) is 41.8 Å². The average Bonchev–Trinajstić information content (AvgIpc) is 3.35. The molecule has 2 aliphatic rings. The number of thiophene rings is 1. The number of para-hydroxylation sites is 2. The first-order valence-corrected chi connectivity index (χ1v) is 10.1. The van der Waals surface area contributed by atoms with Gasteiger partial charge in [-0.25, -0.2) is 0 Å². The van der Waals surface area contributed by atoms with Gasteiger partial charge in [0.25, 0.3) is 0 Å². The lowest BCUT2D eigenvalue weighted by atomic mass is 10.2. The van der Waals surface area contributed by atoms with E-state index >= 15 is 0 Å². The van der Waals surface area contributed by atoms with Crippen molar-refractivity contribution in [2.24, 2.45) is 0 Å². The maximum Gasteiger partial charge on any atom is 0.244 e. The first-order valence-electron chi connectivity index (χ1n) is 9.24. The summed E-state index contributed by atoms with van der Waals surface area (Å²) in [7, 11) is 0. The van der Waals surface area contributed by atoms with Gasteiger partial charge in [0.05, 0.1) is 24.0 Å². The lowest BCUT2D eigenvalue weighted by Gasteiger charge is -2.32. The van der Waals surface area contributed by atoms with Crippen LogP contribution in [0.3, 0.4) is 0 Å². The Labute approximate surface area is 162 Å². The molecule has 2 amide bonds. The van der Waals surface area contributed by atoms with Gasteiger partial charge >= 0.3 is 0 Å². The fourth-order valence-electron chi connectivity index (χ4n) is 3.62. The van der Waals surface area contributed by atoms with E-state index < -0.39 is 0 Å². The van der Waals surface area contributed by atoms with Crippen molar-refractivity contribution >= 4 is 34.5 Å². The molecular formula is C20H23N3O3S. The summed E-state index contributed by atoms with van der Waals surface area (Å²) in [5.41, 5.74) is 1.45. The zero-order valence-electron chi connectivity index (χ0n) is 15.1. The number of hydrogen-bond acceptors (Lipinski definition) is 5. The van der Waals surface area contributed by atoms with Gasteiger partial charge in [-0.15, -0.1) is 11.3 Å². The minimum atomic E-state index is -0.161. The molecule has 0 radical (unpaired) electrons. The number of amides is 2. The smallest absolute Gasteiger partial charge is 0.244 e. The third-order valence-electron chi connectivity index (χ3n) is 4.88. The van der Waals surface area contributed by atoms with Crippen molar-refractivity contribution in [3.63, 3.8) is 0 Å². The topological polar surface area (TPSA) is 61.9 Å². The Hall–Kier alpha value is -2.22. The summed E-state index contributed by atoms with van der Waals surface area (Å²) in [6.07, 6.45) is 2.28. The molecule has 142 valence electrons. The summed E-state index contributed by atoms with van der Waals surface area (Å²) in [6.45, 7) is 2.56. The highest BCUT2D eigenvalue weighted by atomic mass is 32.1. The van der Waals surface area contributed by atoms with Gasteiger partial charge in [0.2, 0.25) is 11.8 Å². The largest absolute Gasteiger partial charge is 0.377 e. The molecule has 6 nitrogen and oxygen atoms in total. The van der Waals surface area contributed by atoms with Crippen LogP contribution in [0.5, 0.6) is 0 Å². The van der Waals surface area contributed by atoms with E-state index in [0.29, 0.717) is 12.2 Å². The molecule has 0 aliphatic carbocycles. The first kappa shape index (κ1) is 18.2. The predicted molar refractivity (Wildman–Crippen MR) is 106 cm³/mol. The number of hydrogen-bond donors (Lipinski definition) is 1. The van der Waals surface area contributed by atoms with Crippen molar-refractivity contribution in [2.45, 2.75) is 25.5 Å². The van der Waals surface area contributed by atoms with E-state index in [9.17, 15) is 9.59 Å². The molecule has 1 aromatic heterocycles. The average molecular weight is 385 g/mol. The van der Waals surface area contributed by atoms with Crippen LogP contribution in [0.4, 0.5) is 11.4 Å². The maximum absolute atomic E-state index is 13.1. The van der Waals surface area contributed by atoms with Crippen molar-refractivity contribution < 1.29 is 14.3 Å². The van der Waals surface area contributed by atoms with Crippen molar-refractivity contribution in [1.82, 2.24) is 4.90 Å². The molecule has 1 fully saturated rings. The highest BCUT2D eigenvalue weighted by Crippen LogP contribution is 2.29. The van der Waals surface area contributed by atoms with Gasteiger partial charge < -0.3 is 10.1 Å². The van der Waals surface area contributed by atoms with Crippen LogP contribution >= 0.6 is 11.3 Å². The Bertz CT molecular complexity index is 803. The van der Waals surface area contributed by atoms with Gasteiger partial charge in [-0.1, -0.05) is 18.2 Å². The van der Waals surface area contributed by atoms with Gasteiger partial charge in [-0.05, 0) is 36.4 Å². The summed E-state index contributed by atoms with van der Waals surface area (Å²) in [5, 5.41) is 4.88. The Morgan fingerprint density at radius 2 is 2.19 bits per heavy atom. The second-order valence-corrected chi connectivity index (χ2v) is 7.96. The van der Waals surface area contributed by atoms with Crippen molar-refractivity contribution in [3.8, 4) is 0 Å². The molecule has 2 aliphatic heterocycles. The monoisotopic (exact) mass is 385 g/mol. The van der Waals surface area contributed by atoms with Crippen LogP contribution < -0.4 is 10.2 Å². The molecule has 2 aromatic rings. The third-order valence-corrected chi connectivity index (χ3v) is 5.74. The number of rotatable bonds is 6. The number of carbonyl (C=O) groups excluding carboxylic acids is 2. The van der Waals surface area contributed by atoms with E-state index in [1.165, 1.54) is 4.88 Å². The summed E-state index contributed by atoms with van der Waals surface area (Å²) in [6, 6.07) is 11.5. The summed E-state index contributed by atoms with van der Waals surface area (Å²) < 4.78 is 5.78.